The van der Waals surface area contributed by atoms with Gasteiger partial charge >= 0.3 is 0 Å². The second-order valence-electron chi connectivity index (χ2n) is 7.67. The third-order valence-corrected chi connectivity index (χ3v) is 6.14. The Morgan fingerprint density at radius 2 is 1.77 bits per heavy atom. The number of benzene rings is 2. The summed E-state index contributed by atoms with van der Waals surface area (Å²) in [4.78, 5) is 14.5. The summed E-state index contributed by atoms with van der Waals surface area (Å²) < 4.78 is 6.34. The number of nitrogens with zero attached hydrogens (tertiary/aromatic N) is 3. The highest BCUT2D eigenvalue weighted by atomic mass is 32.1. The molecule has 0 N–H and O–H groups in total. The molecule has 5 rings (SSSR count). The molecule has 30 heavy (non-hydrogen) atoms. The highest BCUT2D eigenvalue weighted by Crippen LogP contribution is 2.40. The average Bonchev–Trinajstić information content (AvgIpc) is 3.19. The topological polar surface area (TPSA) is 47.9 Å². The minimum absolute atomic E-state index is 0.503. The van der Waals surface area contributed by atoms with Crippen molar-refractivity contribution in [3.05, 3.63) is 77.6 Å². The molecular formula is C25H21N3OS. The summed E-state index contributed by atoms with van der Waals surface area (Å²) in [5.74, 6) is 1.76. The molecule has 0 spiro atoms. The Hall–Kier alpha value is -3.31. The molecule has 0 saturated carbocycles. The first-order valence-corrected chi connectivity index (χ1v) is 10.8. The van der Waals surface area contributed by atoms with E-state index in [1.165, 1.54) is 5.56 Å². The minimum atomic E-state index is 0.503. The van der Waals surface area contributed by atoms with Crippen LogP contribution in [0.3, 0.4) is 0 Å². The molecule has 148 valence electrons. The Labute approximate surface area is 179 Å². The Kier molecular flexibility index (Phi) is 4.68. The van der Waals surface area contributed by atoms with Gasteiger partial charge in [0, 0.05) is 22.0 Å². The molecule has 0 bridgehead atoms. The lowest BCUT2D eigenvalue weighted by molar-refractivity contribution is 0.472. The molecular weight excluding hydrogens is 390 g/mol. The highest BCUT2D eigenvalue weighted by Gasteiger charge is 2.16. The summed E-state index contributed by atoms with van der Waals surface area (Å²) in [5, 5.41) is 4.10. The maximum Gasteiger partial charge on any atom is 0.231 e. The van der Waals surface area contributed by atoms with Gasteiger partial charge in [-0.05, 0) is 36.1 Å². The maximum atomic E-state index is 6.34. The van der Waals surface area contributed by atoms with E-state index in [0.717, 1.165) is 37.9 Å². The molecule has 5 heteroatoms. The van der Waals surface area contributed by atoms with E-state index in [4.69, 9.17) is 4.74 Å². The van der Waals surface area contributed by atoms with E-state index in [-0.39, 0.29) is 0 Å². The number of fused-ring (bicyclic) bond motifs is 2. The number of hydrogen-bond donors (Lipinski definition) is 0. The van der Waals surface area contributed by atoms with Crippen LogP contribution in [0.2, 0.25) is 0 Å². The number of aromatic nitrogens is 3. The van der Waals surface area contributed by atoms with Gasteiger partial charge in [0.2, 0.25) is 5.88 Å². The summed E-state index contributed by atoms with van der Waals surface area (Å²) in [6.45, 7) is 6.39. The van der Waals surface area contributed by atoms with Gasteiger partial charge in [0.1, 0.15) is 16.7 Å². The molecule has 0 radical (unpaired) electrons. The van der Waals surface area contributed by atoms with Crippen LogP contribution >= 0.6 is 11.3 Å². The zero-order chi connectivity index (χ0) is 20.7. The molecule has 0 fully saturated rings. The number of pyridine rings is 1. The SMILES string of the molecule is Cc1ccc2cccc(Oc3ncnc4scc(-c5ccc(C(C)C)cc5)c34)c2n1. The molecule has 0 atom stereocenters. The summed E-state index contributed by atoms with van der Waals surface area (Å²) in [5.41, 5.74) is 5.33. The van der Waals surface area contributed by atoms with E-state index in [1.807, 2.05) is 31.2 Å². The largest absolute Gasteiger partial charge is 0.436 e. The normalized spacial score (nSPS) is 11.5. The first-order valence-electron chi connectivity index (χ1n) is 9.97. The standard InChI is InChI=1S/C25H21N3OS/c1-15(2)17-9-11-18(12-10-17)20-13-30-25-22(20)24(26-14-27-25)29-21-6-4-5-19-8-7-16(3)28-23(19)21/h4-15H,1-3H3. The van der Waals surface area contributed by atoms with Crippen molar-refractivity contribution in [2.75, 3.05) is 0 Å². The minimum Gasteiger partial charge on any atom is -0.436 e. The van der Waals surface area contributed by atoms with Crippen LogP contribution in [0.25, 0.3) is 32.2 Å². The number of aryl methyl sites for hydroxylation is 1. The molecule has 3 aromatic heterocycles. The van der Waals surface area contributed by atoms with Crippen molar-refractivity contribution < 1.29 is 4.74 Å². The van der Waals surface area contributed by atoms with Gasteiger partial charge in [-0.3, -0.25) is 0 Å². The van der Waals surface area contributed by atoms with Crippen LogP contribution in [-0.4, -0.2) is 15.0 Å². The Bertz CT molecular complexity index is 1360. The highest BCUT2D eigenvalue weighted by molar-refractivity contribution is 7.17. The average molecular weight is 412 g/mol. The third kappa shape index (κ3) is 3.31. The van der Waals surface area contributed by atoms with Crippen molar-refractivity contribution in [3.63, 3.8) is 0 Å². The van der Waals surface area contributed by atoms with E-state index in [0.29, 0.717) is 17.5 Å². The Morgan fingerprint density at radius 1 is 0.933 bits per heavy atom. The number of ether oxygens (including phenoxy) is 1. The van der Waals surface area contributed by atoms with Gasteiger partial charge in [-0.25, -0.2) is 15.0 Å². The molecule has 0 unspecified atom stereocenters. The van der Waals surface area contributed by atoms with Gasteiger partial charge in [-0.2, -0.15) is 0 Å². The molecule has 2 aromatic carbocycles. The van der Waals surface area contributed by atoms with Crippen LogP contribution < -0.4 is 4.74 Å². The molecule has 4 nitrogen and oxygen atoms in total. The lowest BCUT2D eigenvalue weighted by Crippen LogP contribution is -1.93. The van der Waals surface area contributed by atoms with Crippen molar-refractivity contribution in [2.45, 2.75) is 26.7 Å². The fraction of sp³-hybridized carbons (Fsp3) is 0.160. The van der Waals surface area contributed by atoms with Crippen molar-refractivity contribution in [2.24, 2.45) is 0 Å². The lowest BCUT2D eigenvalue weighted by Gasteiger charge is -2.10. The van der Waals surface area contributed by atoms with E-state index in [9.17, 15) is 0 Å². The first-order chi connectivity index (χ1) is 14.6. The molecule has 0 amide bonds. The molecule has 3 heterocycles. The second kappa shape index (κ2) is 7.50. The second-order valence-corrected chi connectivity index (χ2v) is 8.53. The van der Waals surface area contributed by atoms with Crippen LogP contribution in [0.1, 0.15) is 31.0 Å². The molecule has 0 saturated heterocycles. The maximum absolute atomic E-state index is 6.34. The van der Waals surface area contributed by atoms with Crippen molar-refractivity contribution in [3.8, 4) is 22.8 Å². The van der Waals surface area contributed by atoms with Gasteiger partial charge in [0.05, 0.1) is 5.39 Å². The van der Waals surface area contributed by atoms with Crippen LogP contribution in [-0.2, 0) is 0 Å². The number of hydrogen-bond acceptors (Lipinski definition) is 5. The van der Waals surface area contributed by atoms with E-state index < -0.39 is 0 Å². The van der Waals surface area contributed by atoms with Crippen molar-refractivity contribution in [1.82, 2.24) is 15.0 Å². The predicted molar refractivity (Wildman–Crippen MR) is 123 cm³/mol. The number of rotatable bonds is 4. The van der Waals surface area contributed by atoms with Gasteiger partial charge in [-0.15, -0.1) is 11.3 Å². The molecule has 0 aliphatic carbocycles. The monoisotopic (exact) mass is 411 g/mol. The van der Waals surface area contributed by atoms with E-state index >= 15 is 0 Å². The lowest BCUT2D eigenvalue weighted by atomic mass is 9.99. The number of thiophene rings is 1. The van der Waals surface area contributed by atoms with Crippen LogP contribution in [0.5, 0.6) is 11.6 Å². The first kappa shape index (κ1) is 18.7. The zero-order valence-electron chi connectivity index (χ0n) is 17.1. The predicted octanol–water partition coefficient (Wildman–Crippen LogP) is 7.13. The van der Waals surface area contributed by atoms with Crippen LogP contribution in [0, 0.1) is 6.92 Å². The molecule has 0 aliphatic rings. The summed E-state index contributed by atoms with van der Waals surface area (Å²) >= 11 is 1.60. The molecule has 0 aliphatic heterocycles. The van der Waals surface area contributed by atoms with E-state index in [1.54, 1.807) is 17.7 Å². The van der Waals surface area contributed by atoms with Crippen molar-refractivity contribution in [1.29, 1.82) is 0 Å². The fourth-order valence-corrected chi connectivity index (χ4v) is 4.50. The fourth-order valence-electron chi connectivity index (χ4n) is 3.59. The van der Waals surface area contributed by atoms with Crippen molar-refractivity contribution >= 4 is 32.5 Å². The summed E-state index contributed by atoms with van der Waals surface area (Å²) in [6, 6.07) is 18.7. The number of para-hydroxylation sites is 1. The zero-order valence-corrected chi connectivity index (χ0v) is 17.9. The van der Waals surface area contributed by atoms with Gasteiger partial charge in [0.15, 0.2) is 5.75 Å². The van der Waals surface area contributed by atoms with Gasteiger partial charge < -0.3 is 4.74 Å². The smallest absolute Gasteiger partial charge is 0.231 e. The van der Waals surface area contributed by atoms with Crippen LogP contribution in [0.4, 0.5) is 0 Å². The third-order valence-electron chi connectivity index (χ3n) is 5.25. The summed E-state index contributed by atoms with van der Waals surface area (Å²) in [7, 11) is 0. The quantitative estimate of drug-likeness (QED) is 0.315. The van der Waals surface area contributed by atoms with Gasteiger partial charge in [0.25, 0.3) is 0 Å². The van der Waals surface area contributed by atoms with Crippen LogP contribution in [0.15, 0.2) is 66.3 Å². The summed E-state index contributed by atoms with van der Waals surface area (Å²) in [6.07, 6.45) is 1.56. The Balaban J connectivity index is 1.63. The Morgan fingerprint density at radius 3 is 2.57 bits per heavy atom. The van der Waals surface area contributed by atoms with Gasteiger partial charge in [-0.1, -0.05) is 56.3 Å². The van der Waals surface area contributed by atoms with E-state index in [2.05, 4.69) is 64.5 Å². The molecule has 5 aromatic rings.